The maximum atomic E-state index is 13.0. The first-order valence-electron chi connectivity index (χ1n) is 5.97. The first-order chi connectivity index (χ1) is 9.15. The summed E-state index contributed by atoms with van der Waals surface area (Å²) in [4.78, 5) is 10.3. The Morgan fingerprint density at radius 1 is 1.42 bits per heavy atom. The molecule has 0 aliphatic heterocycles. The minimum Gasteiger partial charge on any atom is -0.396 e. The third-order valence-electron chi connectivity index (χ3n) is 2.42. The fourth-order valence-corrected chi connectivity index (χ4v) is 2.34. The van der Waals surface area contributed by atoms with Crippen molar-refractivity contribution in [1.82, 2.24) is 5.32 Å². The summed E-state index contributed by atoms with van der Waals surface area (Å²) in [6.45, 7) is 1.15. The molecule has 0 bridgehead atoms. The van der Waals surface area contributed by atoms with E-state index in [9.17, 15) is 14.5 Å². The molecule has 0 aliphatic rings. The number of thioether (sulfide) groups is 1. The highest BCUT2D eigenvalue weighted by Gasteiger charge is 2.13. The number of nitrogens with zero attached hydrogens (tertiary/aromatic N) is 1. The molecule has 0 heterocycles. The van der Waals surface area contributed by atoms with Crippen molar-refractivity contribution in [1.29, 1.82) is 0 Å². The monoisotopic (exact) mass is 288 g/mol. The minimum absolute atomic E-state index is 0.0677. The highest BCUT2D eigenvalue weighted by molar-refractivity contribution is 7.99. The lowest BCUT2D eigenvalue weighted by Gasteiger charge is -2.06. The van der Waals surface area contributed by atoms with Crippen LogP contribution in [0.3, 0.4) is 0 Å². The van der Waals surface area contributed by atoms with Crippen molar-refractivity contribution in [2.75, 3.05) is 24.7 Å². The van der Waals surface area contributed by atoms with E-state index >= 15 is 0 Å². The average Bonchev–Trinajstić information content (AvgIpc) is 2.37. The number of rotatable bonds is 9. The summed E-state index contributed by atoms with van der Waals surface area (Å²) in [7, 11) is 0. The zero-order chi connectivity index (χ0) is 14.1. The predicted octanol–water partition coefficient (Wildman–Crippen LogP) is 1.94. The number of hydrogen-bond donors (Lipinski definition) is 2. The van der Waals surface area contributed by atoms with Gasteiger partial charge in [0, 0.05) is 37.1 Å². The van der Waals surface area contributed by atoms with E-state index in [0.29, 0.717) is 12.1 Å². The van der Waals surface area contributed by atoms with Crippen LogP contribution < -0.4 is 5.32 Å². The smallest absolute Gasteiger partial charge is 0.274 e. The predicted molar refractivity (Wildman–Crippen MR) is 73.8 cm³/mol. The van der Waals surface area contributed by atoms with Crippen LogP contribution in [0.2, 0.25) is 0 Å². The van der Waals surface area contributed by atoms with Crippen LogP contribution in [-0.2, 0) is 6.54 Å². The molecule has 0 saturated heterocycles. The van der Waals surface area contributed by atoms with E-state index in [4.69, 9.17) is 5.11 Å². The Morgan fingerprint density at radius 2 is 2.21 bits per heavy atom. The summed E-state index contributed by atoms with van der Waals surface area (Å²) in [5.74, 6) is 1.27. The van der Waals surface area contributed by atoms with Gasteiger partial charge in [0.05, 0.1) is 4.92 Å². The summed E-state index contributed by atoms with van der Waals surface area (Å²) >= 11 is 1.70. The quantitative estimate of drug-likeness (QED) is 0.412. The zero-order valence-electron chi connectivity index (χ0n) is 10.5. The molecule has 0 aromatic heterocycles. The molecule has 19 heavy (non-hydrogen) atoms. The number of nitrogens with one attached hydrogen (secondary N) is 1. The Hall–Kier alpha value is -1.18. The molecular weight excluding hydrogens is 271 g/mol. The minimum atomic E-state index is -0.507. The molecular formula is C12H17FN2O3S. The van der Waals surface area contributed by atoms with Crippen molar-refractivity contribution < 1.29 is 14.4 Å². The lowest BCUT2D eigenvalue weighted by atomic mass is 10.2. The molecule has 5 nitrogen and oxygen atoms in total. The van der Waals surface area contributed by atoms with Gasteiger partial charge in [0.15, 0.2) is 0 Å². The molecule has 1 aromatic carbocycles. The van der Waals surface area contributed by atoms with E-state index in [2.05, 4.69) is 5.32 Å². The van der Waals surface area contributed by atoms with Crippen molar-refractivity contribution in [3.63, 3.8) is 0 Å². The van der Waals surface area contributed by atoms with Gasteiger partial charge in [0.1, 0.15) is 5.82 Å². The van der Waals surface area contributed by atoms with E-state index in [1.807, 2.05) is 0 Å². The number of hydrogen-bond acceptors (Lipinski definition) is 5. The van der Waals surface area contributed by atoms with Crippen LogP contribution >= 0.6 is 11.8 Å². The first-order valence-corrected chi connectivity index (χ1v) is 7.12. The molecule has 106 valence electrons. The maximum Gasteiger partial charge on any atom is 0.274 e. The summed E-state index contributed by atoms with van der Waals surface area (Å²) < 4.78 is 13.0. The molecule has 1 aromatic rings. The summed E-state index contributed by atoms with van der Waals surface area (Å²) in [5, 5.41) is 22.4. The van der Waals surface area contributed by atoms with E-state index in [1.165, 1.54) is 12.1 Å². The number of benzene rings is 1. The van der Waals surface area contributed by atoms with Gasteiger partial charge in [-0.2, -0.15) is 11.8 Å². The number of nitro groups is 1. The first kappa shape index (κ1) is 15.9. The van der Waals surface area contributed by atoms with Gasteiger partial charge in [-0.05, 0) is 24.3 Å². The lowest BCUT2D eigenvalue weighted by Crippen LogP contribution is -2.17. The van der Waals surface area contributed by atoms with Crippen LogP contribution in [0, 0.1) is 15.9 Å². The molecule has 2 N–H and O–H groups in total. The van der Waals surface area contributed by atoms with Crippen molar-refractivity contribution in [3.8, 4) is 0 Å². The van der Waals surface area contributed by atoms with Crippen LogP contribution in [0.4, 0.5) is 10.1 Å². The van der Waals surface area contributed by atoms with Crippen molar-refractivity contribution in [3.05, 3.63) is 39.7 Å². The van der Waals surface area contributed by atoms with Gasteiger partial charge < -0.3 is 10.4 Å². The van der Waals surface area contributed by atoms with Crippen molar-refractivity contribution in [2.24, 2.45) is 0 Å². The molecule has 1 rings (SSSR count). The van der Waals surface area contributed by atoms with Gasteiger partial charge in [0.25, 0.3) is 5.69 Å². The Morgan fingerprint density at radius 3 is 2.89 bits per heavy atom. The standard InChI is InChI=1S/C12H17FN2O3S/c13-11-2-3-12(15(17)18)10(8-11)9-14-4-7-19-6-1-5-16/h2-3,8,14,16H,1,4-7,9H2. The van der Waals surface area contributed by atoms with E-state index in [1.54, 1.807) is 11.8 Å². The molecule has 0 atom stereocenters. The third-order valence-corrected chi connectivity index (χ3v) is 3.49. The average molecular weight is 288 g/mol. The molecule has 0 aliphatic carbocycles. The van der Waals surface area contributed by atoms with Gasteiger partial charge in [-0.1, -0.05) is 0 Å². The fourth-order valence-electron chi connectivity index (χ4n) is 1.51. The largest absolute Gasteiger partial charge is 0.396 e. The lowest BCUT2D eigenvalue weighted by molar-refractivity contribution is -0.385. The SMILES string of the molecule is O=[N+]([O-])c1ccc(F)cc1CNCCSCCCO. The van der Waals surface area contributed by atoms with Crippen LogP contribution in [0.15, 0.2) is 18.2 Å². The molecule has 0 fully saturated rings. The van der Waals surface area contributed by atoms with Crippen LogP contribution in [0.5, 0.6) is 0 Å². The summed E-state index contributed by atoms with van der Waals surface area (Å²) in [5.41, 5.74) is 0.284. The molecule has 0 amide bonds. The summed E-state index contributed by atoms with van der Waals surface area (Å²) in [6, 6.07) is 3.46. The van der Waals surface area contributed by atoms with E-state index in [-0.39, 0.29) is 18.8 Å². The molecule has 7 heteroatoms. The fraction of sp³-hybridized carbons (Fsp3) is 0.500. The Balaban J connectivity index is 2.36. The second-order valence-corrected chi connectivity index (χ2v) is 5.12. The summed E-state index contributed by atoms with van der Waals surface area (Å²) in [6.07, 6.45) is 0.764. The third kappa shape index (κ3) is 6.00. The maximum absolute atomic E-state index is 13.0. The number of aliphatic hydroxyl groups excluding tert-OH is 1. The Kier molecular flexibility index (Phi) is 7.39. The molecule has 0 unspecified atom stereocenters. The van der Waals surface area contributed by atoms with Gasteiger partial charge in [-0.3, -0.25) is 10.1 Å². The zero-order valence-corrected chi connectivity index (χ0v) is 11.3. The van der Waals surface area contributed by atoms with Gasteiger partial charge in [-0.25, -0.2) is 4.39 Å². The van der Waals surface area contributed by atoms with Gasteiger partial charge in [-0.15, -0.1) is 0 Å². The number of halogens is 1. The normalized spacial score (nSPS) is 10.6. The van der Waals surface area contributed by atoms with Crippen LogP contribution in [-0.4, -0.2) is 34.7 Å². The van der Waals surface area contributed by atoms with Gasteiger partial charge >= 0.3 is 0 Å². The highest BCUT2D eigenvalue weighted by Crippen LogP contribution is 2.19. The molecule has 0 spiro atoms. The Bertz CT molecular complexity index is 418. The molecule has 0 radical (unpaired) electrons. The number of aliphatic hydroxyl groups is 1. The topological polar surface area (TPSA) is 75.4 Å². The number of nitro benzene ring substituents is 1. The molecule has 0 saturated carbocycles. The van der Waals surface area contributed by atoms with Gasteiger partial charge in [0.2, 0.25) is 0 Å². The van der Waals surface area contributed by atoms with E-state index < -0.39 is 10.7 Å². The second kappa shape index (κ2) is 8.84. The second-order valence-electron chi connectivity index (χ2n) is 3.90. The van der Waals surface area contributed by atoms with Crippen molar-refractivity contribution >= 4 is 17.4 Å². The Labute approximate surface area is 115 Å². The van der Waals surface area contributed by atoms with Crippen LogP contribution in [0.1, 0.15) is 12.0 Å². The van der Waals surface area contributed by atoms with Crippen LogP contribution in [0.25, 0.3) is 0 Å². The van der Waals surface area contributed by atoms with E-state index in [0.717, 1.165) is 24.0 Å². The van der Waals surface area contributed by atoms with Crippen molar-refractivity contribution in [2.45, 2.75) is 13.0 Å². The highest BCUT2D eigenvalue weighted by atomic mass is 32.2.